The molecule has 0 fully saturated rings. The van der Waals surface area contributed by atoms with Gasteiger partial charge in [0.25, 0.3) is 5.91 Å². The van der Waals surface area contributed by atoms with Crippen molar-refractivity contribution in [3.63, 3.8) is 0 Å². The van der Waals surface area contributed by atoms with Crippen molar-refractivity contribution in [1.82, 2.24) is 15.5 Å². The van der Waals surface area contributed by atoms with Crippen molar-refractivity contribution in [2.75, 3.05) is 6.61 Å². The first-order valence-corrected chi connectivity index (χ1v) is 10.4. The van der Waals surface area contributed by atoms with Gasteiger partial charge in [-0.05, 0) is 44.7 Å². The minimum Gasteiger partial charge on any atom is -0.452 e. The average Bonchev–Trinajstić information content (AvgIpc) is 3.01. The number of carbonyl (C=O) groups excluding carboxylic acids is 2. The third kappa shape index (κ3) is 7.89. The number of hydrogen-bond acceptors (Lipinski definition) is 7. The van der Waals surface area contributed by atoms with Gasteiger partial charge in [-0.1, -0.05) is 37.7 Å². The lowest BCUT2D eigenvalue weighted by molar-refractivity contribution is -0.126. The fourth-order valence-corrected chi connectivity index (χ4v) is 4.14. The molecule has 2 rings (SSSR count). The van der Waals surface area contributed by atoms with Crippen molar-refractivity contribution in [1.29, 1.82) is 0 Å². The molecule has 2 heterocycles. The molecule has 0 radical (unpaired) electrons. The summed E-state index contributed by atoms with van der Waals surface area (Å²) < 4.78 is 10.3. The molecule has 1 amide bonds. The number of aromatic nitrogens is 2. The van der Waals surface area contributed by atoms with E-state index in [1.807, 2.05) is 26.8 Å². The topological polar surface area (TPSA) is 94.3 Å². The molecule has 0 spiro atoms. The van der Waals surface area contributed by atoms with Crippen molar-refractivity contribution >= 4 is 23.6 Å². The summed E-state index contributed by atoms with van der Waals surface area (Å²) in [5.74, 6) is 0.321. The van der Waals surface area contributed by atoms with E-state index in [-0.39, 0.29) is 17.9 Å². The number of amides is 1. The number of nitrogens with one attached hydrogen (secondary N) is 1. The van der Waals surface area contributed by atoms with Gasteiger partial charge in [0.15, 0.2) is 6.61 Å². The number of aryl methyl sites for hydroxylation is 1. The van der Waals surface area contributed by atoms with Gasteiger partial charge in [-0.3, -0.25) is 4.79 Å². The Hall–Kier alpha value is -2.35. The highest BCUT2D eigenvalue weighted by Crippen LogP contribution is 2.27. The first-order chi connectivity index (χ1) is 13.5. The number of hydrogen-bond donors (Lipinski definition) is 1. The fraction of sp³-hybridized carbons (Fsp3) is 0.524. The summed E-state index contributed by atoms with van der Waals surface area (Å²) in [6.07, 6.45) is 2.40. The SMILES string of the molecule is Cc1cc(CSc2ncccc2C(=O)OCC(=O)NC(C)(C)CC(C)(C)C)no1. The molecule has 0 aliphatic rings. The van der Waals surface area contributed by atoms with E-state index in [0.29, 0.717) is 16.3 Å². The minimum atomic E-state index is -0.583. The summed E-state index contributed by atoms with van der Waals surface area (Å²) in [5, 5.41) is 7.38. The molecule has 0 bridgehead atoms. The first-order valence-electron chi connectivity index (χ1n) is 9.43. The molecule has 0 atom stereocenters. The molecule has 2 aromatic heterocycles. The lowest BCUT2D eigenvalue weighted by Gasteiger charge is -2.33. The summed E-state index contributed by atoms with van der Waals surface area (Å²) in [5.41, 5.74) is 0.752. The molecule has 0 saturated heterocycles. The van der Waals surface area contributed by atoms with Crippen molar-refractivity contribution in [3.8, 4) is 0 Å². The quantitative estimate of drug-likeness (QED) is 0.507. The molecule has 2 aromatic rings. The molecule has 0 unspecified atom stereocenters. The van der Waals surface area contributed by atoms with Crippen LogP contribution in [-0.2, 0) is 15.3 Å². The average molecular weight is 420 g/mol. The third-order valence-electron chi connectivity index (χ3n) is 3.81. The van der Waals surface area contributed by atoms with Crippen LogP contribution in [0.4, 0.5) is 0 Å². The zero-order valence-corrected chi connectivity index (χ0v) is 18.7. The third-order valence-corrected chi connectivity index (χ3v) is 4.85. The maximum atomic E-state index is 12.5. The molecular formula is C21H29N3O4S. The van der Waals surface area contributed by atoms with Crippen LogP contribution in [0.25, 0.3) is 0 Å². The van der Waals surface area contributed by atoms with Gasteiger partial charge in [0, 0.05) is 23.6 Å². The predicted molar refractivity (Wildman–Crippen MR) is 112 cm³/mol. The Morgan fingerprint density at radius 1 is 1.24 bits per heavy atom. The van der Waals surface area contributed by atoms with Gasteiger partial charge < -0.3 is 14.6 Å². The molecule has 1 N–H and O–H groups in total. The van der Waals surface area contributed by atoms with Crippen LogP contribution < -0.4 is 5.32 Å². The fourth-order valence-electron chi connectivity index (χ4n) is 3.28. The van der Waals surface area contributed by atoms with E-state index in [1.165, 1.54) is 11.8 Å². The van der Waals surface area contributed by atoms with E-state index in [0.717, 1.165) is 17.9 Å². The molecule has 29 heavy (non-hydrogen) atoms. The second kappa shape index (κ2) is 9.43. The highest BCUT2D eigenvalue weighted by atomic mass is 32.2. The van der Waals surface area contributed by atoms with E-state index in [4.69, 9.17) is 9.26 Å². The molecule has 0 saturated carbocycles. The Morgan fingerprint density at radius 3 is 2.59 bits per heavy atom. The highest BCUT2D eigenvalue weighted by molar-refractivity contribution is 7.98. The van der Waals surface area contributed by atoms with Gasteiger partial charge in [-0.15, -0.1) is 0 Å². The number of rotatable bonds is 8. The van der Waals surface area contributed by atoms with E-state index in [1.54, 1.807) is 18.3 Å². The van der Waals surface area contributed by atoms with Crippen LogP contribution in [0.1, 0.15) is 62.9 Å². The van der Waals surface area contributed by atoms with Gasteiger partial charge in [-0.2, -0.15) is 0 Å². The van der Waals surface area contributed by atoms with Crippen LogP contribution in [-0.4, -0.2) is 34.2 Å². The number of nitrogens with zero attached hydrogens (tertiary/aromatic N) is 2. The highest BCUT2D eigenvalue weighted by Gasteiger charge is 2.27. The molecule has 8 heteroatoms. The van der Waals surface area contributed by atoms with Crippen LogP contribution in [0.2, 0.25) is 0 Å². The molecule has 0 aliphatic heterocycles. The molecule has 7 nitrogen and oxygen atoms in total. The van der Waals surface area contributed by atoms with Gasteiger partial charge >= 0.3 is 5.97 Å². The van der Waals surface area contributed by atoms with Crippen molar-refractivity contribution in [2.45, 2.75) is 64.3 Å². The zero-order chi connectivity index (χ0) is 21.7. The second-order valence-corrected chi connectivity index (χ2v) is 9.78. The Kier molecular flexibility index (Phi) is 7.46. The Bertz CT molecular complexity index is 856. The molecular weight excluding hydrogens is 390 g/mol. The van der Waals surface area contributed by atoms with Crippen molar-refractivity contribution in [2.24, 2.45) is 5.41 Å². The van der Waals surface area contributed by atoms with Gasteiger partial charge in [0.2, 0.25) is 0 Å². The standard InChI is InChI=1S/C21H29N3O4S/c1-14-10-15(24-28-14)12-29-18-16(8-7-9-22-18)19(26)27-11-17(25)23-21(5,6)13-20(2,3)4/h7-10H,11-13H2,1-6H3,(H,23,25). The van der Waals surface area contributed by atoms with E-state index in [9.17, 15) is 9.59 Å². The smallest absolute Gasteiger partial charge is 0.341 e. The number of ether oxygens (including phenoxy) is 1. The van der Waals surface area contributed by atoms with Gasteiger partial charge in [-0.25, -0.2) is 9.78 Å². The van der Waals surface area contributed by atoms with Crippen LogP contribution in [0.15, 0.2) is 33.9 Å². The van der Waals surface area contributed by atoms with Crippen LogP contribution in [0.3, 0.4) is 0 Å². The summed E-state index contributed by atoms with van der Waals surface area (Å²) in [6.45, 7) is 11.7. The largest absolute Gasteiger partial charge is 0.452 e. The van der Waals surface area contributed by atoms with E-state index < -0.39 is 11.5 Å². The van der Waals surface area contributed by atoms with Crippen molar-refractivity contribution in [3.05, 3.63) is 41.4 Å². The zero-order valence-electron chi connectivity index (χ0n) is 17.9. The normalized spacial score (nSPS) is 11.9. The second-order valence-electron chi connectivity index (χ2n) is 8.82. The lowest BCUT2D eigenvalue weighted by atomic mass is 9.82. The lowest BCUT2D eigenvalue weighted by Crippen LogP contribution is -2.47. The van der Waals surface area contributed by atoms with E-state index >= 15 is 0 Å². The number of carbonyl (C=O) groups is 2. The van der Waals surface area contributed by atoms with Crippen LogP contribution in [0.5, 0.6) is 0 Å². The summed E-state index contributed by atoms with van der Waals surface area (Å²) in [6, 6.07) is 5.12. The Morgan fingerprint density at radius 2 is 1.97 bits per heavy atom. The molecule has 0 aliphatic carbocycles. The minimum absolute atomic E-state index is 0.0671. The number of esters is 1. The van der Waals surface area contributed by atoms with E-state index in [2.05, 4.69) is 36.2 Å². The van der Waals surface area contributed by atoms with Gasteiger partial charge in [0.1, 0.15) is 10.8 Å². The van der Waals surface area contributed by atoms with Crippen LogP contribution in [0, 0.1) is 12.3 Å². The summed E-state index contributed by atoms with van der Waals surface area (Å²) in [4.78, 5) is 29.0. The molecule has 158 valence electrons. The maximum Gasteiger partial charge on any atom is 0.341 e. The van der Waals surface area contributed by atoms with Crippen LogP contribution >= 0.6 is 11.8 Å². The Balaban J connectivity index is 1.92. The van der Waals surface area contributed by atoms with Gasteiger partial charge in [0.05, 0.1) is 11.3 Å². The number of thioether (sulfide) groups is 1. The Labute approximate surface area is 176 Å². The maximum absolute atomic E-state index is 12.5. The first kappa shape index (κ1) is 22.9. The van der Waals surface area contributed by atoms with Crippen molar-refractivity contribution < 1.29 is 18.8 Å². The summed E-state index contributed by atoms with van der Waals surface area (Å²) >= 11 is 1.36. The summed E-state index contributed by atoms with van der Waals surface area (Å²) in [7, 11) is 0. The molecule has 0 aromatic carbocycles. The number of pyridine rings is 1. The predicted octanol–water partition coefficient (Wildman–Crippen LogP) is 4.16. The monoisotopic (exact) mass is 419 g/mol.